The lowest BCUT2D eigenvalue weighted by atomic mass is 10.0. The molecule has 4 rings (SSSR count). The Morgan fingerprint density at radius 1 is 1.28 bits per heavy atom. The highest BCUT2D eigenvalue weighted by atomic mass is 32.1. The van der Waals surface area contributed by atoms with Crippen molar-refractivity contribution in [1.29, 1.82) is 0 Å². The van der Waals surface area contributed by atoms with Gasteiger partial charge in [0.1, 0.15) is 0 Å². The van der Waals surface area contributed by atoms with Gasteiger partial charge in [-0.05, 0) is 19.1 Å². The van der Waals surface area contributed by atoms with Gasteiger partial charge in [0, 0.05) is 42.9 Å². The Bertz CT molecular complexity index is 1020. The van der Waals surface area contributed by atoms with Crippen molar-refractivity contribution >= 4 is 12.2 Å². The Morgan fingerprint density at radius 2 is 2.08 bits per heavy atom. The molecule has 6 nitrogen and oxygen atoms in total. The van der Waals surface area contributed by atoms with Crippen LogP contribution in [0.25, 0.3) is 11.3 Å². The lowest BCUT2D eigenvalue weighted by Crippen LogP contribution is -2.35. The van der Waals surface area contributed by atoms with Gasteiger partial charge in [-0.15, -0.1) is 0 Å². The van der Waals surface area contributed by atoms with E-state index in [0.29, 0.717) is 17.9 Å². The molecule has 0 fully saturated rings. The predicted molar refractivity (Wildman–Crippen MR) is 96.7 cm³/mol. The summed E-state index contributed by atoms with van der Waals surface area (Å²) in [4.78, 5) is 20.2. The predicted octanol–water partition coefficient (Wildman–Crippen LogP) is 2.95. The summed E-state index contributed by atoms with van der Waals surface area (Å²) in [6, 6.07) is 9.97. The summed E-state index contributed by atoms with van der Waals surface area (Å²) in [7, 11) is 0. The molecule has 0 spiro atoms. The zero-order valence-corrected chi connectivity index (χ0v) is 14.7. The maximum absolute atomic E-state index is 12.2. The average molecular weight is 354 g/mol. The van der Waals surface area contributed by atoms with Crippen LogP contribution >= 0.6 is 12.2 Å². The number of rotatable bonds is 3. The molecule has 2 N–H and O–H groups in total. The Labute approximate surface area is 149 Å². The Balaban J connectivity index is 1.63. The zero-order valence-electron chi connectivity index (χ0n) is 13.8. The van der Waals surface area contributed by atoms with Crippen molar-refractivity contribution in [2.24, 2.45) is 0 Å². The Morgan fingerprint density at radius 3 is 2.88 bits per heavy atom. The van der Waals surface area contributed by atoms with Crippen LogP contribution in [0.4, 0.5) is 0 Å². The normalized spacial score (nSPS) is 14.4. The molecule has 2 aromatic heterocycles. The third-order valence-electron chi connectivity index (χ3n) is 4.59. The number of aromatic nitrogens is 3. The summed E-state index contributed by atoms with van der Waals surface area (Å²) in [5.74, 6) is 0.797. The van der Waals surface area contributed by atoms with Gasteiger partial charge >= 0.3 is 0 Å². The van der Waals surface area contributed by atoms with E-state index in [-0.39, 0.29) is 5.56 Å². The smallest absolute Gasteiger partial charge is 0.256 e. The van der Waals surface area contributed by atoms with E-state index in [2.05, 4.69) is 20.0 Å². The minimum absolute atomic E-state index is 0.103. The van der Waals surface area contributed by atoms with Crippen molar-refractivity contribution in [2.45, 2.75) is 26.4 Å². The van der Waals surface area contributed by atoms with Crippen LogP contribution in [-0.4, -0.2) is 26.6 Å². The van der Waals surface area contributed by atoms with E-state index < -0.39 is 0 Å². The second-order valence-electron chi connectivity index (χ2n) is 6.27. The molecule has 0 radical (unpaired) electrons. The molecule has 128 valence electrons. The molecular formula is C18H18N4O2S. The highest BCUT2D eigenvalue weighted by Gasteiger charge is 2.23. The summed E-state index contributed by atoms with van der Waals surface area (Å²) in [6.45, 7) is 4.07. The van der Waals surface area contributed by atoms with Gasteiger partial charge in [-0.1, -0.05) is 35.5 Å². The molecule has 0 atom stereocenters. The third-order valence-corrected chi connectivity index (χ3v) is 4.80. The Hall–Kier alpha value is -2.51. The number of aromatic amines is 2. The molecule has 0 saturated carbocycles. The number of nitrogens with zero attached hydrogens (tertiary/aromatic N) is 2. The molecule has 1 aliphatic rings. The second-order valence-corrected chi connectivity index (χ2v) is 6.68. The van der Waals surface area contributed by atoms with E-state index in [0.717, 1.165) is 46.8 Å². The molecule has 0 saturated heterocycles. The first-order chi connectivity index (χ1) is 12.1. The lowest BCUT2D eigenvalue weighted by molar-refractivity contribution is 0.241. The van der Waals surface area contributed by atoms with Crippen molar-refractivity contribution in [3.05, 3.63) is 68.0 Å². The summed E-state index contributed by atoms with van der Waals surface area (Å²) in [5, 5.41) is 4.14. The van der Waals surface area contributed by atoms with E-state index >= 15 is 0 Å². The van der Waals surface area contributed by atoms with Crippen LogP contribution in [0, 0.1) is 11.7 Å². The fourth-order valence-electron chi connectivity index (χ4n) is 3.26. The van der Waals surface area contributed by atoms with Crippen molar-refractivity contribution < 1.29 is 4.52 Å². The van der Waals surface area contributed by atoms with Gasteiger partial charge in [0.2, 0.25) is 0 Å². The largest absolute Gasteiger partial charge is 0.356 e. The number of aryl methyl sites for hydroxylation is 1. The highest BCUT2D eigenvalue weighted by Crippen LogP contribution is 2.28. The molecule has 0 aliphatic carbocycles. The van der Waals surface area contributed by atoms with E-state index in [1.54, 1.807) is 0 Å². The van der Waals surface area contributed by atoms with Crippen molar-refractivity contribution in [1.82, 2.24) is 20.0 Å². The van der Waals surface area contributed by atoms with Crippen LogP contribution in [0.1, 0.15) is 22.5 Å². The number of hydrogen-bond donors (Lipinski definition) is 2. The average Bonchev–Trinajstić information content (AvgIpc) is 2.97. The number of benzene rings is 1. The molecule has 0 unspecified atom stereocenters. The number of hydrogen-bond acceptors (Lipinski definition) is 5. The molecule has 3 aromatic rings. The maximum Gasteiger partial charge on any atom is 0.256 e. The monoisotopic (exact) mass is 354 g/mol. The van der Waals surface area contributed by atoms with Gasteiger partial charge in [0.15, 0.2) is 10.5 Å². The number of fused-ring (bicyclic) bond motifs is 1. The molecule has 1 aliphatic heterocycles. The van der Waals surface area contributed by atoms with E-state index in [9.17, 15) is 4.79 Å². The van der Waals surface area contributed by atoms with E-state index in [4.69, 9.17) is 16.7 Å². The van der Waals surface area contributed by atoms with Crippen LogP contribution < -0.4 is 5.56 Å². The van der Waals surface area contributed by atoms with E-state index in [1.165, 1.54) is 0 Å². The minimum atomic E-state index is -0.103. The molecule has 0 amide bonds. The summed E-state index contributed by atoms with van der Waals surface area (Å²) >= 11 is 5.05. The van der Waals surface area contributed by atoms with Crippen LogP contribution in [0.2, 0.25) is 0 Å². The quantitative estimate of drug-likeness (QED) is 0.707. The molecule has 7 heteroatoms. The van der Waals surface area contributed by atoms with Crippen molar-refractivity contribution in [3.63, 3.8) is 0 Å². The first-order valence-corrected chi connectivity index (χ1v) is 8.60. The number of nitrogens with one attached hydrogen (secondary N) is 2. The van der Waals surface area contributed by atoms with Crippen molar-refractivity contribution in [3.8, 4) is 11.3 Å². The summed E-state index contributed by atoms with van der Waals surface area (Å²) < 4.78 is 5.95. The molecular weight excluding hydrogens is 336 g/mol. The standard InChI is InChI=1S/C18H18N4O2S/c1-11-13(16(24-21-11)12-5-3-2-4-6-12)9-22-8-7-15-14(10-22)17(23)20-18(25)19-15/h2-6H,7-10H2,1H3,(H2,19,20,23,25). The fourth-order valence-corrected chi connectivity index (χ4v) is 3.48. The van der Waals surface area contributed by atoms with Gasteiger partial charge in [-0.2, -0.15) is 0 Å². The first-order valence-electron chi connectivity index (χ1n) is 8.19. The van der Waals surface area contributed by atoms with Gasteiger partial charge in [0.25, 0.3) is 5.56 Å². The van der Waals surface area contributed by atoms with Crippen LogP contribution in [0.3, 0.4) is 0 Å². The third kappa shape index (κ3) is 3.08. The highest BCUT2D eigenvalue weighted by molar-refractivity contribution is 7.71. The fraction of sp³-hybridized carbons (Fsp3) is 0.278. The van der Waals surface area contributed by atoms with Gasteiger partial charge in [0.05, 0.1) is 11.3 Å². The van der Waals surface area contributed by atoms with Crippen LogP contribution in [0.15, 0.2) is 39.6 Å². The first kappa shape index (κ1) is 16.0. The van der Waals surface area contributed by atoms with Crippen LogP contribution in [-0.2, 0) is 19.5 Å². The van der Waals surface area contributed by atoms with Gasteiger partial charge in [-0.3, -0.25) is 14.7 Å². The van der Waals surface area contributed by atoms with Gasteiger partial charge < -0.3 is 9.51 Å². The second kappa shape index (κ2) is 6.42. The van der Waals surface area contributed by atoms with Crippen molar-refractivity contribution in [2.75, 3.05) is 6.54 Å². The van der Waals surface area contributed by atoms with E-state index in [1.807, 2.05) is 37.3 Å². The van der Waals surface area contributed by atoms with Crippen LogP contribution in [0.5, 0.6) is 0 Å². The molecule has 1 aromatic carbocycles. The molecule has 25 heavy (non-hydrogen) atoms. The summed E-state index contributed by atoms with van der Waals surface area (Å²) in [5.41, 5.74) is 4.55. The maximum atomic E-state index is 12.2. The topological polar surface area (TPSA) is 77.9 Å². The molecule has 0 bridgehead atoms. The zero-order chi connectivity index (χ0) is 17.4. The minimum Gasteiger partial charge on any atom is -0.356 e. The SMILES string of the molecule is Cc1noc(-c2ccccc2)c1CN1CCc2[nH]c(=S)[nH]c(=O)c2C1. The Kier molecular flexibility index (Phi) is 4.10. The lowest BCUT2D eigenvalue weighted by Gasteiger charge is -2.27. The summed E-state index contributed by atoms with van der Waals surface area (Å²) in [6.07, 6.45) is 0.772. The molecule has 3 heterocycles. The van der Waals surface area contributed by atoms with Gasteiger partial charge in [-0.25, -0.2) is 0 Å². The number of H-pyrrole nitrogens is 2.